The molecule has 0 N–H and O–H groups in total. The number of hydrogen-bond acceptors (Lipinski definition) is 3. The lowest BCUT2D eigenvalue weighted by Crippen LogP contribution is -2.68. The van der Waals surface area contributed by atoms with E-state index in [0.717, 1.165) is 31.3 Å². The lowest BCUT2D eigenvalue weighted by molar-refractivity contribution is -0.193. The van der Waals surface area contributed by atoms with Gasteiger partial charge in [-0.1, -0.05) is 56.9 Å². The molecule has 0 aromatic carbocycles. The maximum absolute atomic E-state index is 14.5. The molecule has 0 aromatic rings. The van der Waals surface area contributed by atoms with Crippen LogP contribution in [0.15, 0.2) is 34.4 Å². The predicted octanol–water partition coefficient (Wildman–Crippen LogP) is 6.66. The van der Waals surface area contributed by atoms with Crippen LogP contribution in [-0.2, 0) is 14.0 Å². The first kappa shape index (κ1) is 22.2. The number of fused-ring (bicyclic) bond motifs is 3. The summed E-state index contributed by atoms with van der Waals surface area (Å²) < 4.78 is 13.8. The van der Waals surface area contributed by atoms with Crippen molar-refractivity contribution in [1.29, 1.82) is 0 Å². The number of allylic oxidation sites excluding steroid dienone is 1. The summed E-state index contributed by atoms with van der Waals surface area (Å²) in [6, 6.07) is 0. The van der Waals surface area contributed by atoms with Gasteiger partial charge in [-0.25, -0.2) is 0 Å². The Hall–Kier alpha value is -0.973. The van der Waals surface area contributed by atoms with E-state index in [1.807, 2.05) is 0 Å². The first-order valence-corrected chi connectivity index (χ1v) is 14.8. The van der Waals surface area contributed by atoms with Gasteiger partial charge in [-0.2, -0.15) is 0 Å². The molecule has 0 amide bonds. The van der Waals surface area contributed by atoms with Crippen LogP contribution >= 0.6 is 0 Å². The summed E-state index contributed by atoms with van der Waals surface area (Å²) in [7, 11) is -2.16. The monoisotopic (exact) mass is 428 g/mol. The molecule has 4 aliphatic rings. The van der Waals surface area contributed by atoms with Gasteiger partial charge in [0.05, 0.1) is 6.10 Å². The Labute approximate surface area is 184 Å². The van der Waals surface area contributed by atoms with Gasteiger partial charge in [-0.05, 0) is 62.9 Å². The Kier molecular flexibility index (Phi) is 5.20. The van der Waals surface area contributed by atoms with E-state index in [4.69, 9.17) is 9.16 Å². The summed E-state index contributed by atoms with van der Waals surface area (Å²) in [4.78, 5) is 14.5. The molecule has 2 bridgehead atoms. The van der Waals surface area contributed by atoms with Crippen molar-refractivity contribution < 1.29 is 14.0 Å². The molecule has 2 aliphatic carbocycles. The minimum atomic E-state index is -2.16. The molecule has 3 nitrogen and oxygen atoms in total. The first-order chi connectivity index (χ1) is 13.9. The third-order valence-electron chi connectivity index (χ3n) is 8.61. The lowest BCUT2D eigenvalue weighted by Gasteiger charge is -2.56. The minimum Gasteiger partial charge on any atom is -0.403 e. The number of unbranched alkanes of at least 4 members (excludes halogenated alkanes) is 1. The van der Waals surface area contributed by atoms with E-state index >= 15 is 0 Å². The molecule has 0 saturated carbocycles. The highest BCUT2D eigenvalue weighted by molar-refractivity contribution is 6.74. The zero-order chi connectivity index (χ0) is 22.1. The standard InChI is InChI=1S/C26H40O3Si/c1-9-10-11-19-13-20-14-22-21-12-17(2)18(3)15-26(21,23(27)25(20,16-19)28-22)29-30(7,8)24(4,5)6/h13-14,21-22H,9-12,15-16H2,1-8H3/t21-,22-,25+,26+/m0/s1. The molecule has 4 heteroatoms. The van der Waals surface area contributed by atoms with Crippen molar-refractivity contribution in [3.63, 3.8) is 0 Å². The highest BCUT2D eigenvalue weighted by atomic mass is 28.4. The Morgan fingerprint density at radius 3 is 2.53 bits per heavy atom. The number of ether oxygens (including phenoxy) is 1. The molecule has 2 aliphatic heterocycles. The van der Waals surface area contributed by atoms with Gasteiger partial charge in [0.25, 0.3) is 0 Å². The van der Waals surface area contributed by atoms with Crippen LogP contribution in [0.2, 0.25) is 18.1 Å². The molecule has 0 unspecified atom stereocenters. The molecule has 4 atom stereocenters. The number of carbonyl (C=O) groups is 1. The minimum absolute atomic E-state index is 0.0190. The van der Waals surface area contributed by atoms with Crippen molar-refractivity contribution in [2.45, 2.75) is 116 Å². The predicted molar refractivity (Wildman–Crippen MR) is 125 cm³/mol. The van der Waals surface area contributed by atoms with E-state index in [1.54, 1.807) is 0 Å². The Morgan fingerprint density at radius 1 is 1.20 bits per heavy atom. The smallest absolute Gasteiger partial charge is 0.200 e. The van der Waals surface area contributed by atoms with E-state index in [1.165, 1.54) is 29.6 Å². The summed E-state index contributed by atoms with van der Waals surface area (Å²) in [5, 5.41) is 0.0577. The highest BCUT2D eigenvalue weighted by Crippen LogP contribution is 2.59. The van der Waals surface area contributed by atoms with Crippen molar-refractivity contribution in [2.75, 3.05) is 0 Å². The van der Waals surface area contributed by atoms with Crippen molar-refractivity contribution in [2.24, 2.45) is 5.92 Å². The fourth-order valence-electron chi connectivity index (χ4n) is 5.66. The average Bonchev–Trinajstić information content (AvgIpc) is 3.12. The molecular weight excluding hydrogens is 388 g/mol. The van der Waals surface area contributed by atoms with Gasteiger partial charge in [-0.15, -0.1) is 0 Å². The zero-order valence-electron chi connectivity index (χ0n) is 20.3. The number of carbonyl (C=O) groups excluding carboxylic acids is 1. The molecule has 0 radical (unpaired) electrons. The summed E-state index contributed by atoms with van der Waals surface area (Å²) in [5.41, 5.74) is 3.67. The molecule has 30 heavy (non-hydrogen) atoms. The lowest BCUT2D eigenvalue weighted by atomic mass is 9.64. The zero-order valence-corrected chi connectivity index (χ0v) is 21.3. The number of Topliss-reactive ketones (excluding diaryl/α,β-unsaturated/α-hetero) is 1. The molecule has 1 spiro atoms. The topological polar surface area (TPSA) is 35.5 Å². The molecule has 0 aromatic heterocycles. The molecule has 4 rings (SSSR count). The van der Waals surface area contributed by atoms with Crippen LogP contribution in [0.1, 0.15) is 80.1 Å². The summed E-state index contributed by atoms with van der Waals surface area (Å²) >= 11 is 0. The van der Waals surface area contributed by atoms with Crippen molar-refractivity contribution >= 4 is 14.1 Å². The van der Waals surface area contributed by atoms with Gasteiger partial charge in [0.2, 0.25) is 5.78 Å². The quantitative estimate of drug-likeness (QED) is 0.363. The van der Waals surface area contributed by atoms with Crippen LogP contribution in [-0.4, -0.2) is 31.4 Å². The molecule has 2 heterocycles. The number of ketones is 1. The van der Waals surface area contributed by atoms with E-state index in [0.29, 0.717) is 0 Å². The highest BCUT2D eigenvalue weighted by Gasteiger charge is 2.69. The maximum atomic E-state index is 14.5. The molecule has 1 fully saturated rings. The summed E-state index contributed by atoms with van der Waals surface area (Å²) in [6.45, 7) is 18.0. The van der Waals surface area contributed by atoms with Gasteiger partial charge >= 0.3 is 0 Å². The van der Waals surface area contributed by atoms with Crippen LogP contribution in [0.3, 0.4) is 0 Å². The third kappa shape index (κ3) is 3.09. The largest absolute Gasteiger partial charge is 0.403 e. The number of rotatable bonds is 5. The van der Waals surface area contributed by atoms with E-state index in [9.17, 15) is 4.79 Å². The van der Waals surface area contributed by atoms with Crippen LogP contribution in [0, 0.1) is 5.92 Å². The second-order valence-electron chi connectivity index (χ2n) is 11.7. The van der Waals surface area contributed by atoms with Gasteiger partial charge in [-0.3, -0.25) is 4.79 Å². The Morgan fingerprint density at radius 2 is 1.90 bits per heavy atom. The van der Waals surface area contributed by atoms with Crippen LogP contribution in [0.25, 0.3) is 0 Å². The van der Waals surface area contributed by atoms with Gasteiger partial charge in [0, 0.05) is 18.8 Å². The Balaban J connectivity index is 1.78. The van der Waals surface area contributed by atoms with Crippen molar-refractivity contribution in [3.05, 3.63) is 34.4 Å². The average molecular weight is 429 g/mol. The van der Waals surface area contributed by atoms with Gasteiger partial charge in [0.15, 0.2) is 13.9 Å². The van der Waals surface area contributed by atoms with Crippen LogP contribution in [0.5, 0.6) is 0 Å². The van der Waals surface area contributed by atoms with Gasteiger partial charge < -0.3 is 9.16 Å². The normalized spacial score (nSPS) is 35.9. The molecular formula is C26H40O3Si. The number of hydrogen-bond donors (Lipinski definition) is 0. The first-order valence-electron chi connectivity index (χ1n) is 11.9. The van der Waals surface area contributed by atoms with Crippen LogP contribution in [0.4, 0.5) is 0 Å². The SMILES string of the molecule is CCCCC1=CC2=C[C@@H]3O[C@@]2(C1)C(=O)[C@@]1(O[Si](C)(C)C(C)(C)C)CC(C)=C(C)C[C@@H]31. The van der Waals surface area contributed by atoms with E-state index < -0.39 is 19.5 Å². The van der Waals surface area contributed by atoms with Crippen molar-refractivity contribution in [1.82, 2.24) is 0 Å². The molecule has 1 saturated heterocycles. The van der Waals surface area contributed by atoms with Gasteiger partial charge in [0.1, 0.15) is 5.60 Å². The third-order valence-corrected chi connectivity index (χ3v) is 13.1. The fourth-order valence-corrected chi connectivity index (χ4v) is 7.19. The summed E-state index contributed by atoms with van der Waals surface area (Å²) in [6.07, 6.45) is 10.3. The second kappa shape index (κ2) is 7.01. The summed E-state index contributed by atoms with van der Waals surface area (Å²) in [5.74, 6) is 0.290. The van der Waals surface area contributed by atoms with Crippen molar-refractivity contribution in [3.8, 4) is 0 Å². The second-order valence-corrected chi connectivity index (χ2v) is 16.5. The Bertz CT molecular complexity index is 856. The maximum Gasteiger partial charge on any atom is 0.200 e. The van der Waals surface area contributed by atoms with E-state index in [-0.39, 0.29) is 22.8 Å². The molecule has 166 valence electrons. The van der Waals surface area contributed by atoms with Crippen LogP contribution < -0.4 is 0 Å². The van der Waals surface area contributed by atoms with E-state index in [2.05, 4.69) is 66.8 Å². The fraction of sp³-hybridized carbons (Fsp3) is 0.731.